The molecule has 28 heavy (non-hydrogen) atoms. The molecule has 142 valence electrons. The van der Waals surface area contributed by atoms with Crippen LogP contribution < -0.4 is 5.32 Å². The zero-order chi connectivity index (χ0) is 19.9. The molecule has 0 aliphatic carbocycles. The molecule has 5 amide bonds. The Balaban J connectivity index is 1.42. The molecule has 1 N–H and O–H groups in total. The van der Waals surface area contributed by atoms with Crippen molar-refractivity contribution in [2.75, 3.05) is 13.1 Å². The standard InChI is InChI=1S/C21H19N3O4/c1-21(14-8-3-2-4-9-14)19(27)24(20(28)22-21)13-7-12-23-17(25)15-10-5-6-11-16(15)18(23)26/h2-6,8-11H,7,12-13H2,1H3,(H,22,28). The molecule has 2 aliphatic rings. The third kappa shape index (κ3) is 2.67. The van der Waals surface area contributed by atoms with Gasteiger partial charge in [0.1, 0.15) is 5.54 Å². The number of urea groups is 1. The number of hydrogen-bond donors (Lipinski definition) is 1. The summed E-state index contributed by atoms with van der Waals surface area (Å²) in [5.41, 5.74) is 0.364. The van der Waals surface area contributed by atoms with E-state index >= 15 is 0 Å². The summed E-state index contributed by atoms with van der Waals surface area (Å²) in [6.45, 7) is 1.94. The Morgan fingerprint density at radius 3 is 1.93 bits per heavy atom. The van der Waals surface area contributed by atoms with E-state index in [2.05, 4.69) is 5.32 Å². The lowest BCUT2D eigenvalue weighted by Gasteiger charge is -2.22. The zero-order valence-electron chi connectivity index (χ0n) is 15.3. The second-order valence-corrected chi connectivity index (χ2v) is 7.04. The Labute approximate surface area is 161 Å². The van der Waals surface area contributed by atoms with Crippen LogP contribution in [0, 0.1) is 0 Å². The third-order valence-electron chi connectivity index (χ3n) is 5.27. The van der Waals surface area contributed by atoms with Crippen molar-refractivity contribution in [2.24, 2.45) is 0 Å². The summed E-state index contributed by atoms with van der Waals surface area (Å²) in [5, 5.41) is 2.75. The molecule has 0 radical (unpaired) electrons. The molecule has 0 saturated carbocycles. The summed E-state index contributed by atoms with van der Waals surface area (Å²) < 4.78 is 0. The van der Waals surface area contributed by atoms with Crippen molar-refractivity contribution in [3.05, 3.63) is 71.3 Å². The van der Waals surface area contributed by atoms with Gasteiger partial charge < -0.3 is 5.32 Å². The first-order valence-electron chi connectivity index (χ1n) is 9.08. The molecule has 1 atom stereocenters. The van der Waals surface area contributed by atoms with Gasteiger partial charge in [-0.3, -0.25) is 24.2 Å². The van der Waals surface area contributed by atoms with E-state index in [0.29, 0.717) is 23.1 Å². The van der Waals surface area contributed by atoms with Crippen LogP contribution in [0.2, 0.25) is 0 Å². The van der Waals surface area contributed by atoms with Crippen LogP contribution in [0.5, 0.6) is 0 Å². The second kappa shape index (κ2) is 6.60. The van der Waals surface area contributed by atoms with E-state index in [1.165, 1.54) is 4.90 Å². The van der Waals surface area contributed by atoms with Crippen molar-refractivity contribution < 1.29 is 19.2 Å². The number of nitrogens with one attached hydrogen (secondary N) is 1. The maximum absolute atomic E-state index is 12.9. The molecule has 0 aromatic heterocycles. The maximum Gasteiger partial charge on any atom is 0.325 e. The fourth-order valence-corrected chi connectivity index (χ4v) is 3.70. The fourth-order valence-electron chi connectivity index (χ4n) is 3.70. The van der Waals surface area contributed by atoms with Crippen molar-refractivity contribution in [3.63, 3.8) is 0 Å². The number of imide groups is 2. The molecule has 2 aromatic rings. The minimum absolute atomic E-state index is 0.125. The molecule has 7 nitrogen and oxygen atoms in total. The van der Waals surface area contributed by atoms with E-state index < -0.39 is 11.6 Å². The predicted octanol–water partition coefficient (Wildman–Crippen LogP) is 2.14. The second-order valence-electron chi connectivity index (χ2n) is 7.04. The van der Waals surface area contributed by atoms with Gasteiger partial charge in [-0.25, -0.2) is 4.79 Å². The first-order valence-corrected chi connectivity index (χ1v) is 9.08. The largest absolute Gasteiger partial charge is 0.325 e. The van der Waals surface area contributed by atoms with Gasteiger partial charge in [0, 0.05) is 13.1 Å². The molecular formula is C21H19N3O4. The van der Waals surface area contributed by atoms with Crippen LogP contribution in [0.15, 0.2) is 54.6 Å². The molecule has 1 unspecified atom stereocenters. The van der Waals surface area contributed by atoms with Crippen LogP contribution in [-0.2, 0) is 10.3 Å². The Morgan fingerprint density at radius 2 is 1.32 bits per heavy atom. The quantitative estimate of drug-likeness (QED) is 0.639. The van der Waals surface area contributed by atoms with Crippen LogP contribution in [0.3, 0.4) is 0 Å². The highest BCUT2D eigenvalue weighted by atomic mass is 16.2. The first-order chi connectivity index (χ1) is 13.4. The molecule has 1 saturated heterocycles. The highest BCUT2D eigenvalue weighted by Crippen LogP contribution is 2.29. The predicted molar refractivity (Wildman–Crippen MR) is 100 cm³/mol. The number of amides is 5. The van der Waals surface area contributed by atoms with Gasteiger partial charge >= 0.3 is 6.03 Å². The van der Waals surface area contributed by atoms with Gasteiger partial charge in [-0.2, -0.15) is 0 Å². The molecule has 0 spiro atoms. The maximum atomic E-state index is 12.9. The topological polar surface area (TPSA) is 86.8 Å². The normalized spacial score (nSPS) is 21.3. The van der Waals surface area contributed by atoms with Gasteiger partial charge in [-0.15, -0.1) is 0 Å². The average Bonchev–Trinajstić information content (AvgIpc) is 3.09. The number of rotatable bonds is 5. The van der Waals surface area contributed by atoms with Crippen LogP contribution >= 0.6 is 0 Å². The van der Waals surface area contributed by atoms with E-state index in [4.69, 9.17) is 0 Å². The van der Waals surface area contributed by atoms with Crippen molar-refractivity contribution in [3.8, 4) is 0 Å². The number of fused-ring (bicyclic) bond motifs is 1. The summed E-state index contributed by atoms with van der Waals surface area (Å²) in [6.07, 6.45) is 0.315. The van der Waals surface area contributed by atoms with Gasteiger partial charge in [-0.05, 0) is 31.0 Å². The van der Waals surface area contributed by atoms with Gasteiger partial charge in [-0.1, -0.05) is 42.5 Å². The van der Waals surface area contributed by atoms with Crippen LogP contribution in [0.1, 0.15) is 39.6 Å². The monoisotopic (exact) mass is 377 g/mol. The summed E-state index contributed by atoms with van der Waals surface area (Å²) in [4.78, 5) is 52.3. The molecule has 0 bridgehead atoms. The summed E-state index contributed by atoms with van der Waals surface area (Å²) in [6, 6.07) is 15.2. The van der Waals surface area contributed by atoms with Crippen LogP contribution in [-0.4, -0.2) is 46.6 Å². The average molecular weight is 377 g/mol. The molecule has 4 rings (SSSR count). The molecule has 2 aliphatic heterocycles. The van der Waals surface area contributed by atoms with Crippen molar-refractivity contribution >= 4 is 23.8 Å². The third-order valence-corrected chi connectivity index (χ3v) is 5.27. The Hall–Kier alpha value is -3.48. The molecule has 7 heteroatoms. The van der Waals surface area contributed by atoms with Crippen LogP contribution in [0.25, 0.3) is 0 Å². The van der Waals surface area contributed by atoms with Crippen LogP contribution in [0.4, 0.5) is 4.79 Å². The van der Waals surface area contributed by atoms with Gasteiger partial charge in [0.2, 0.25) is 0 Å². The highest BCUT2D eigenvalue weighted by Gasteiger charge is 2.48. The smallest absolute Gasteiger partial charge is 0.319 e. The lowest BCUT2D eigenvalue weighted by Crippen LogP contribution is -2.41. The minimum atomic E-state index is -1.12. The summed E-state index contributed by atoms with van der Waals surface area (Å²) in [5.74, 6) is -1.02. The van der Waals surface area contributed by atoms with Crippen molar-refractivity contribution in [1.29, 1.82) is 0 Å². The van der Waals surface area contributed by atoms with Crippen molar-refractivity contribution in [2.45, 2.75) is 18.9 Å². The number of benzene rings is 2. The van der Waals surface area contributed by atoms with Gasteiger partial charge in [0.25, 0.3) is 17.7 Å². The van der Waals surface area contributed by atoms with E-state index in [9.17, 15) is 19.2 Å². The first kappa shape index (κ1) is 17.9. The van der Waals surface area contributed by atoms with E-state index in [-0.39, 0.29) is 30.8 Å². The lowest BCUT2D eigenvalue weighted by molar-refractivity contribution is -0.131. The fraction of sp³-hybridized carbons (Fsp3) is 0.238. The summed E-state index contributed by atoms with van der Waals surface area (Å²) in [7, 11) is 0. The number of hydrogen-bond acceptors (Lipinski definition) is 4. The molecular weight excluding hydrogens is 358 g/mol. The highest BCUT2D eigenvalue weighted by molar-refractivity contribution is 6.21. The van der Waals surface area contributed by atoms with Crippen molar-refractivity contribution in [1.82, 2.24) is 15.1 Å². The number of carbonyl (C=O) groups is 4. The number of nitrogens with zero attached hydrogens (tertiary/aromatic N) is 2. The van der Waals surface area contributed by atoms with E-state index in [1.54, 1.807) is 43.3 Å². The minimum Gasteiger partial charge on any atom is -0.319 e. The lowest BCUT2D eigenvalue weighted by atomic mass is 9.92. The SMILES string of the molecule is CC1(c2ccccc2)NC(=O)N(CCCN2C(=O)c3ccccc3C2=O)C1=O. The Kier molecular flexibility index (Phi) is 4.22. The Bertz CT molecular complexity index is 953. The zero-order valence-corrected chi connectivity index (χ0v) is 15.3. The van der Waals surface area contributed by atoms with Gasteiger partial charge in [0.05, 0.1) is 11.1 Å². The number of carbonyl (C=O) groups excluding carboxylic acids is 4. The Morgan fingerprint density at radius 1 is 0.786 bits per heavy atom. The molecule has 2 heterocycles. The molecule has 2 aromatic carbocycles. The molecule has 1 fully saturated rings. The van der Waals surface area contributed by atoms with Gasteiger partial charge in [0.15, 0.2) is 0 Å². The summed E-state index contributed by atoms with van der Waals surface area (Å²) >= 11 is 0. The van der Waals surface area contributed by atoms with E-state index in [0.717, 1.165) is 4.90 Å². The van der Waals surface area contributed by atoms with E-state index in [1.807, 2.05) is 18.2 Å².